The Morgan fingerprint density at radius 3 is 2.26 bits per heavy atom. The van der Waals surface area contributed by atoms with Crippen molar-refractivity contribution in [2.24, 2.45) is 0 Å². The second kappa shape index (κ2) is 11.9. The molecule has 0 aliphatic carbocycles. The van der Waals surface area contributed by atoms with Crippen LogP contribution in [0.2, 0.25) is 10.0 Å². The largest absolute Gasteiger partial charge is 0.351 e. The van der Waals surface area contributed by atoms with Gasteiger partial charge in [0.15, 0.2) is 0 Å². The minimum Gasteiger partial charge on any atom is -0.351 e. The summed E-state index contributed by atoms with van der Waals surface area (Å²) in [6.45, 7) is 0.291. The molecule has 1 N–H and O–H groups in total. The van der Waals surface area contributed by atoms with Gasteiger partial charge in [0.05, 0.1) is 18.5 Å². The number of carbonyl (C=O) groups excluding carboxylic acids is 1. The van der Waals surface area contributed by atoms with Crippen molar-refractivity contribution in [1.82, 2.24) is 5.32 Å². The molecule has 34 heavy (non-hydrogen) atoms. The minimum absolute atomic E-state index is 0.149. The molecule has 0 bridgehead atoms. The molecule has 3 rings (SSSR count). The van der Waals surface area contributed by atoms with Crippen LogP contribution in [0.25, 0.3) is 0 Å². The number of sulfonamides is 1. The van der Waals surface area contributed by atoms with Crippen LogP contribution in [-0.2, 0) is 22.3 Å². The number of nitrogens with zero attached hydrogens (tertiary/aromatic N) is 1. The Kier molecular flexibility index (Phi) is 9.24. The van der Waals surface area contributed by atoms with Crippen LogP contribution in [0, 0.1) is 5.82 Å². The first-order valence-electron chi connectivity index (χ1n) is 10.3. The van der Waals surface area contributed by atoms with Crippen LogP contribution < -0.4 is 9.62 Å². The van der Waals surface area contributed by atoms with E-state index in [0.717, 1.165) is 16.1 Å². The third-order valence-electron chi connectivity index (χ3n) is 4.93. The van der Waals surface area contributed by atoms with Crippen molar-refractivity contribution in [3.63, 3.8) is 0 Å². The molecule has 0 saturated heterocycles. The summed E-state index contributed by atoms with van der Waals surface area (Å²) < 4.78 is 39.8. The molecule has 0 atom stereocenters. The first-order valence-corrected chi connectivity index (χ1v) is 14.0. The number of thioether (sulfide) groups is 1. The number of benzene rings is 3. The number of rotatable bonds is 10. The Morgan fingerprint density at radius 1 is 1.00 bits per heavy atom. The van der Waals surface area contributed by atoms with Gasteiger partial charge in [-0.2, -0.15) is 11.8 Å². The molecule has 3 aromatic carbocycles. The molecular formula is C24H23Cl2FN2O3S2. The van der Waals surface area contributed by atoms with Gasteiger partial charge in [-0.25, -0.2) is 12.8 Å². The number of halogens is 3. The third-order valence-corrected chi connectivity index (χ3v) is 7.76. The molecule has 0 aliphatic heterocycles. The maximum Gasteiger partial charge on any atom is 0.251 e. The van der Waals surface area contributed by atoms with E-state index in [1.807, 2.05) is 0 Å². The topological polar surface area (TPSA) is 66.5 Å². The molecular weight excluding hydrogens is 518 g/mol. The lowest BCUT2D eigenvalue weighted by molar-refractivity contribution is 0.0956. The standard InChI is InChI=1S/C24H23Cl2FN2O3S2/c1-34(31,32)29(15-18-5-2-3-8-23(18)27)19-11-9-17(10-12-19)24(30)28-13-14-33-16-20-21(25)6-4-7-22(20)26/h2-12H,13-16H2,1H3,(H,28,30). The van der Waals surface area contributed by atoms with Crippen LogP contribution in [-0.4, -0.2) is 32.9 Å². The van der Waals surface area contributed by atoms with Gasteiger partial charge < -0.3 is 5.32 Å². The molecule has 0 fully saturated rings. The molecule has 0 radical (unpaired) electrons. The van der Waals surface area contributed by atoms with Crippen LogP contribution in [0.5, 0.6) is 0 Å². The minimum atomic E-state index is -3.67. The zero-order valence-electron chi connectivity index (χ0n) is 18.3. The highest BCUT2D eigenvalue weighted by atomic mass is 35.5. The molecule has 0 aliphatic rings. The molecule has 180 valence electrons. The lowest BCUT2D eigenvalue weighted by Crippen LogP contribution is -2.30. The fraction of sp³-hybridized carbons (Fsp3) is 0.208. The van der Waals surface area contributed by atoms with E-state index in [1.54, 1.807) is 54.2 Å². The van der Waals surface area contributed by atoms with E-state index in [1.165, 1.54) is 24.3 Å². The van der Waals surface area contributed by atoms with Crippen LogP contribution in [0.1, 0.15) is 21.5 Å². The number of amides is 1. The number of nitrogens with one attached hydrogen (secondary N) is 1. The fourth-order valence-corrected chi connectivity index (χ4v) is 5.62. The second-order valence-electron chi connectivity index (χ2n) is 7.42. The number of hydrogen-bond donors (Lipinski definition) is 1. The predicted molar refractivity (Wildman–Crippen MR) is 139 cm³/mol. The first kappa shape index (κ1) is 26.3. The van der Waals surface area contributed by atoms with E-state index >= 15 is 0 Å². The molecule has 5 nitrogen and oxygen atoms in total. The Bertz CT molecular complexity index is 1240. The van der Waals surface area contributed by atoms with E-state index in [9.17, 15) is 17.6 Å². The van der Waals surface area contributed by atoms with Crippen molar-refractivity contribution < 1.29 is 17.6 Å². The zero-order chi connectivity index (χ0) is 24.7. The fourth-order valence-electron chi connectivity index (χ4n) is 3.14. The Morgan fingerprint density at radius 2 is 1.65 bits per heavy atom. The number of carbonyl (C=O) groups is 1. The van der Waals surface area contributed by atoms with Gasteiger partial charge in [-0.3, -0.25) is 9.10 Å². The summed E-state index contributed by atoms with van der Waals surface area (Å²) in [5, 5.41) is 4.06. The molecule has 3 aromatic rings. The van der Waals surface area contributed by atoms with E-state index in [2.05, 4.69) is 5.32 Å². The lowest BCUT2D eigenvalue weighted by atomic mass is 10.1. The van der Waals surface area contributed by atoms with Crippen LogP contribution >= 0.6 is 35.0 Å². The second-order valence-corrected chi connectivity index (χ2v) is 11.2. The summed E-state index contributed by atoms with van der Waals surface area (Å²) in [5.41, 5.74) is 1.85. The van der Waals surface area contributed by atoms with Crippen LogP contribution in [0.4, 0.5) is 10.1 Å². The number of hydrogen-bond acceptors (Lipinski definition) is 4. The summed E-state index contributed by atoms with van der Waals surface area (Å²) >= 11 is 13.9. The van der Waals surface area contributed by atoms with Crippen molar-refractivity contribution in [1.29, 1.82) is 0 Å². The van der Waals surface area contributed by atoms with Crippen LogP contribution in [0.15, 0.2) is 66.7 Å². The van der Waals surface area contributed by atoms with E-state index < -0.39 is 15.8 Å². The molecule has 1 amide bonds. The van der Waals surface area contributed by atoms with Crippen molar-refractivity contribution in [2.45, 2.75) is 12.3 Å². The van der Waals surface area contributed by atoms with Gasteiger partial charge in [-0.15, -0.1) is 0 Å². The van der Waals surface area contributed by atoms with Gasteiger partial charge in [-0.1, -0.05) is 47.5 Å². The van der Waals surface area contributed by atoms with E-state index in [-0.39, 0.29) is 18.0 Å². The quantitative estimate of drug-likeness (QED) is 0.332. The Hall–Kier alpha value is -2.26. The van der Waals surface area contributed by atoms with E-state index in [4.69, 9.17) is 23.2 Å². The summed E-state index contributed by atoms with van der Waals surface area (Å²) in [5.74, 6) is 0.534. The number of anilines is 1. The van der Waals surface area contributed by atoms with Crippen molar-refractivity contribution in [3.8, 4) is 0 Å². The summed E-state index contributed by atoms with van der Waals surface area (Å²) in [4.78, 5) is 12.5. The van der Waals surface area contributed by atoms with Crippen LogP contribution in [0.3, 0.4) is 0 Å². The molecule has 0 spiro atoms. The average molecular weight is 541 g/mol. The monoisotopic (exact) mass is 540 g/mol. The first-order chi connectivity index (χ1) is 16.2. The van der Waals surface area contributed by atoms with E-state index in [0.29, 0.717) is 39.3 Å². The molecule has 10 heteroatoms. The highest BCUT2D eigenvalue weighted by Gasteiger charge is 2.20. The maximum absolute atomic E-state index is 14.0. The normalized spacial score (nSPS) is 11.3. The molecule has 0 unspecified atom stereocenters. The SMILES string of the molecule is CS(=O)(=O)N(Cc1ccccc1F)c1ccc(C(=O)NCCSCc2c(Cl)cccc2Cl)cc1. The lowest BCUT2D eigenvalue weighted by Gasteiger charge is -2.23. The Labute approximate surface area is 213 Å². The smallest absolute Gasteiger partial charge is 0.251 e. The third kappa shape index (κ3) is 7.12. The van der Waals surface area contributed by atoms with Gasteiger partial charge in [0.25, 0.3) is 5.91 Å². The molecule has 0 saturated carbocycles. The highest BCUT2D eigenvalue weighted by Crippen LogP contribution is 2.28. The van der Waals surface area contributed by atoms with Gasteiger partial charge in [-0.05, 0) is 48.0 Å². The summed E-state index contributed by atoms with van der Waals surface area (Å²) in [6, 6.07) is 17.5. The molecule has 0 aromatic heterocycles. The van der Waals surface area contributed by atoms with Gasteiger partial charge in [0.1, 0.15) is 5.82 Å². The van der Waals surface area contributed by atoms with Crippen molar-refractivity contribution in [3.05, 3.63) is 99.3 Å². The highest BCUT2D eigenvalue weighted by molar-refractivity contribution is 7.98. The predicted octanol–water partition coefficient (Wildman–Crippen LogP) is 5.76. The average Bonchev–Trinajstić information content (AvgIpc) is 2.79. The van der Waals surface area contributed by atoms with Gasteiger partial charge >= 0.3 is 0 Å². The zero-order valence-corrected chi connectivity index (χ0v) is 21.4. The summed E-state index contributed by atoms with van der Waals surface area (Å²) in [6.07, 6.45) is 1.06. The summed E-state index contributed by atoms with van der Waals surface area (Å²) in [7, 11) is -3.67. The van der Waals surface area contributed by atoms with Crippen molar-refractivity contribution in [2.75, 3.05) is 22.9 Å². The maximum atomic E-state index is 14.0. The molecule has 0 heterocycles. The van der Waals surface area contributed by atoms with Crippen molar-refractivity contribution >= 4 is 56.6 Å². The Balaban J connectivity index is 1.57. The van der Waals surface area contributed by atoms with Gasteiger partial charge in [0.2, 0.25) is 10.0 Å². The van der Waals surface area contributed by atoms with Gasteiger partial charge in [0, 0.05) is 39.2 Å².